The highest BCUT2D eigenvalue weighted by atomic mass is 16.5. The van der Waals surface area contributed by atoms with E-state index in [1.807, 2.05) is 48.7 Å². The highest BCUT2D eigenvalue weighted by molar-refractivity contribution is 5.94. The first-order valence-electron chi connectivity index (χ1n) is 15.9. The Morgan fingerprint density at radius 2 is 1.49 bits per heavy atom. The van der Waals surface area contributed by atoms with E-state index in [0.29, 0.717) is 56.6 Å². The third-order valence-corrected chi connectivity index (χ3v) is 7.43. The van der Waals surface area contributed by atoms with E-state index in [1.165, 1.54) is 12.1 Å². The molecule has 4 N–H and O–H groups in total. The molecule has 3 unspecified atom stereocenters. The molecule has 11 heteroatoms. The maximum Gasteiger partial charge on any atom is 0.338 e. The highest BCUT2D eigenvalue weighted by Crippen LogP contribution is 2.35. The molecular weight excluding hydrogens is 574 g/mol. The van der Waals surface area contributed by atoms with Crippen LogP contribution in [-0.4, -0.2) is 80.8 Å². The zero-order valence-corrected chi connectivity index (χ0v) is 28.5. The second kappa shape index (κ2) is 19.6. The Labute approximate surface area is 269 Å². The van der Waals surface area contributed by atoms with E-state index in [1.54, 1.807) is 19.1 Å². The number of rotatable bonds is 20. The lowest BCUT2D eigenvalue weighted by molar-refractivity contribution is -0.136. The molecule has 0 heterocycles. The van der Waals surface area contributed by atoms with Crippen molar-refractivity contribution in [1.82, 2.24) is 26.2 Å². The molecule has 0 aromatic heterocycles. The average Bonchev–Trinajstić information content (AvgIpc) is 2.97. The van der Waals surface area contributed by atoms with E-state index in [-0.39, 0.29) is 35.2 Å². The van der Waals surface area contributed by atoms with Crippen LogP contribution in [0.4, 0.5) is 0 Å². The first-order chi connectivity index (χ1) is 21.1. The van der Waals surface area contributed by atoms with E-state index in [2.05, 4.69) is 32.7 Å². The summed E-state index contributed by atoms with van der Waals surface area (Å²) in [6.45, 7) is 16.5. The number of hydrogen-bond donors (Lipinski definition) is 4. The molecule has 3 atom stereocenters. The monoisotopic (exact) mass is 629 g/mol. The SMILES string of the molecule is C=C(C)C(=O)Oc1ccc(C(=O)NCCCNC(=O)C(CC)CC(C)(CC(C)C(=O)NC(C)C)C(=O)NCCCN(C)C)cc1. The van der Waals surface area contributed by atoms with Crippen molar-refractivity contribution < 1.29 is 28.7 Å². The van der Waals surface area contributed by atoms with Gasteiger partial charge in [-0.15, -0.1) is 0 Å². The minimum Gasteiger partial charge on any atom is -0.423 e. The topological polar surface area (TPSA) is 146 Å². The molecule has 0 spiro atoms. The third-order valence-electron chi connectivity index (χ3n) is 7.43. The lowest BCUT2D eigenvalue weighted by Gasteiger charge is -2.33. The molecule has 0 aliphatic carbocycles. The van der Waals surface area contributed by atoms with Gasteiger partial charge < -0.3 is 30.9 Å². The zero-order valence-electron chi connectivity index (χ0n) is 28.5. The van der Waals surface area contributed by atoms with E-state index >= 15 is 0 Å². The molecule has 252 valence electrons. The van der Waals surface area contributed by atoms with Gasteiger partial charge in [0.1, 0.15) is 5.75 Å². The van der Waals surface area contributed by atoms with Crippen molar-refractivity contribution in [3.8, 4) is 5.75 Å². The van der Waals surface area contributed by atoms with Crippen LogP contribution < -0.4 is 26.0 Å². The van der Waals surface area contributed by atoms with Gasteiger partial charge in [0.2, 0.25) is 17.7 Å². The van der Waals surface area contributed by atoms with Crippen molar-refractivity contribution in [2.45, 2.75) is 79.7 Å². The van der Waals surface area contributed by atoms with Gasteiger partial charge in [-0.05, 0) is 97.8 Å². The second-order valence-corrected chi connectivity index (χ2v) is 12.6. The van der Waals surface area contributed by atoms with Gasteiger partial charge in [-0.25, -0.2) is 4.79 Å². The summed E-state index contributed by atoms with van der Waals surface area (Å²) in [7, 11) is 3.95. The molecule has 0 saturated carbocycles. The molecule has 0 saturated heterocycles. The van der Waals surface area contributed by atoms with Gasteiger partial charge in [0.25, 0.3) is 5.91 Å². The maximum absolute atomic E-state index is 13.5. The molecule has 11 nitrogen and oxygen atoms in total. The lowest BCUT2D eigenvalue weighted by Crippen LogP contribution is -2.46. The molecule has 1 aromatic carbocycles. The molecule has 0 aliphatic heterocycles. The summed E-state index contributed by atoms with van der Waals surface area (Å²) in [4.78, 5) is 65.6. The van der Waals surface area contributed by atoms with Crippen molar-refractivity contribution in [3.05, 3.63) is 42.0 Å². The smallest absolute Gasteiger partial charge is 0.338 e. The van der Waals surface area contributed by atoms with Crippen LogP contribution in [0.2, 0.25) is 0 Å². The number of nitrogens with one attached hydrogen (secondary N) is 4. The van der Waals surface area contributed by atoms with E-state index in [4.69, 9.17) is 4.74 Å². The normalized spacial score (nSPS) is 13.7. The summed E-state index contributed by atoms with van der Waals surface area (Å²) < 4.78 is 5.14. The van der Waals surface area contributed by atoms with Gasteiger partial charge in [0, 0.05) is 54.1 Å². The van der Waals surface area contributed by atoms with Crippen LogP contribution in [0.15, 0.2) is 36.4 Å². The molecule has 0 radical (unpaired) electrons. The summed E-state index contributed by atoms with van der Waals surface area (Å²) in [5, 5.41) is 11.7. The standard InChI is InChI=1S/C34H55N5O6/c1-10-26(22-34(7,21-25(6)29(40)38-24(4)5)33(44)37-19-12-20-39(8)9)30(41)35-17-11-18-36-31(42)27-13-15-28(16-14-27)45-32(43)23(2)3/h13-16,24-26H,2,10-12,17-22H2,1,3-9H3,(H,35,41)(H,36,42)(H,37,44)(H,38,40). The average molecular weight is 630 g/mol. The Kier molecular flexibility index (Phi) is 17.1. The summed E-state index contributed by atoms with van der Waals surface area (Å²) in [5.41, 5.74) is -0.229. The molecule has 0 bridgehead atoms. The molecule has 0 fully saturated rings. The van der Waals surface area contributed by atoms with Crippen LogP contribution in [0.3, 0.4) is 0 Å². The molecule has 1 aromatic rings. The Hall–Kier alpha value is -3.73. The first kappa shape index (κ1) is 39.3. The van der Waals surface area contributed by atoms with Crippen LogP contribution >= 0.6 is 0 Å². The van der Waals surface area contributed by atoms with Gasteiger partial charge in [-0.1, -0.05) is 27.4 Å². The van der Waals surface area contributed by atoms with Crippen LogP contribution in [0.1, 0.15) is 84.0 Å². The number of amides is 4. The number of carbonyl (C=O) groups excluding carboxylic acids is 5. The second-order valence-electron chi connectivity index (χ2n) is 12.6. The maximum atomic E-state index is 13.5. The summed E-state index contributed by atoms with van der Waals surface area (Å²) in [5.74, 6) is -1.75. The number of benzene rings is 1. The first-order valence-corrected chi connectivity index (χ1v) is 15.9. The van der Waals surface area contributed by atoms with Crippen molar-refractivity contribution >= 4 is 29.6 Å². The fourth-order valence-corrected chi connectivity index (χ4v) is 4.86. The number of hydrogen-bond acceptors (Lipinski definition) is 7. The van der Waals surface area contributed by atoms with Crippen LogP contribution in [0.5, 0.6) is 5.75 Å². The van der Waals surface area contributed by atoms with Crippen molar-refractivity contribution in [2.75, 3.05) is 40.3 Å². The molecule has 4 amide bonds. The van der Waals surface area contributed by atoms with E-state index < -0.39 is 23.2 Å². The lowest BCUT2D eigenvalue weighted by atomic mass is 9.73. The van der Waals surface area contributed by atoms with Gasteiger partial charge in [-0.2, -0.15) is 0 Å². The summed E-state index contributed by atoms with van der Waals surface area (Å²) in [6.07, 6.45) is 2.47. The zero-order chi connectivity index (χ0) is 34.2. The predicted molar refractivity (Wildman–Crippen MR) is 177 cm³/mol. The van der Waals surface area contributed by atoms with Gasteiger partial charge in [-0.3, -0.25) is 19.2 Å². The fourth-order valence-electron chi connectivity index (χ4n) is 4.86. The molecular formula is C34H55N5O6. The third kappa shape index (κ3) is 14.7. The molecule has 0 aliphatic rings. The van der Waals surface area contributed by atoms with Gasteiger partial charge >= 0.3 is 5.97 Å². The van der Waals surface area contributed by atoms with Gasteiger partial charge in [0.15, 0.2) is 0 Å². The van der Waals surface area contributed by atoms with Crippen LogP contribution in [0, 0.1) is 17.3 Å². The fraction of sp³-hybridized carbons (Fsp3) is 0.618. The number of esters is 1. The Morgan fingerprint density at radius 3 is 2.04 bits per heavy atom. The largest absolute Gasteiger partial charge is 0.423 e. The Bertz CT molecular complexity index is 1150. The van der Waals surface area contributed by atoms with E-state index in [9.17, 15) is 24.0 Å². The van der Waals surface area contributed by atoms with E-state index in [0.717, 1.165) is 13.0 Å². The minimum absolute atomic E-state index is 0.0103. The predicted octanol–water partition coefficient (Wildman–Crippen LogP) is 3.45. The van der Waals surface area contributed by atoms with Crippen molar-refractivity contribution in [2.24, 2.45) is 17.3 Å². The highest BCUT2D eigenvalue weighted by Gasteiger charge is 2.39. The van der Waals surface area contributed by atoms with Crippen LogP contribution in [-0.2, 0) is 19.2 Å². The Balaban J connectivity index is 2.72. The van der Waals surface area contributed by atoms with Crippen molar-refractivity contribution in [3.63, 3.8) is 0 Å². The number of nitrogens with zero attached hydrogens (tertiary/aromatic N) is 1. The minimum atomic E-state index is -0.920. The Morgan fingerprint density at radius 1 is 0.889 bits per heavy atom. The van der Waals surface area contributed by atoms with Gasteiger partial charge in [0.05, 0.1) is 0 Å². The molecule has 45 heavy (non-hydrogen) atoms. The molecule has 1 rings (SSSR count). The van der Waals surface area contributed by atoms with Crippen LogP contribution in [0.25, 0.3) is 0 Å². The number of carbonyl (C=O) groups is 5. The number of ether oxygens (including phenoxy) is 1. The quantitative estimate of drug-likeness (QED) is 0.0748. The summed E-state index contributed by atoms with van der Waals surface area (Å²) in [6, 6.07) is 6.19. The van der Waals surface area contributed by atoms with Crippen molar-refractivity contribution in [1.29, 1.82) is 0 Å². The summed E-state index contributed by atoms with van der Waals surface area (Å²) >= 11 is 0.